The summed E-state index contributed by atoms with van der Waals surface area (Å²) < 4.78 is 5.95. The number of aryl methyl sites for hydroxylation is 1. The Hall–Kier alpha value is -2.02. The van der Waals surface area contributed by atoms with Gasteiger partial charge < -0.3 is 4.74 Å². The lowest BCUT2D eigenvalue weighted by atomic mass is 9.99. The normalized spacial score (nSPS) is 12.7. The first-order valence-electron chi connectivity index (χ1n) is 5.74. The first-order valence-corrected chi connectivity index (χ1v) is 5.74. The van der Waals surface area contributed by atoms with Gasteiger partial charge in [-0.25, -0.2) is 0 Å². The molecule has 1 nitrogen and oxygen atoms in total. The topological polar surface area (TPSA) is 9.23 Å². The van der Waals surface area contributed by atoms with Crippen LogP contribution in [0, 0.1) is 6.92 Å². The van der Waals surface area contributed by atoms with Gasteiger partial charge in [-0.1, -0.05) is 30.8 Å². The maximum atomic E-state index is 5.95. The number of hydrogen-bond donors (Lipinski definition) is 0. The van der Waals surface area contributed by atoms with Crippen LogP contribution in [0.25, 0.3) is 12.2 Å². The van der Waals surface area contributed by atoms with Gasteiger partial charge in [0.05, 0.1) is 0 Å². The quantitative estimate of drug-likeness (QED) is 0.666. The van der Waals surface area contributed by atoms with Gasteiger partial charge in [-0.3, -0.25) is 0 Å². The van der Waals surface area contributed by atoms with Crippen LogP contribution >= 0.6 is 0 Å². The van der Waals surface area contributed by atoms with Crippen LogP contribution in [0.4, 0.5) is 0 Å². The lowest BCUT2D eigenvalue weighted by molar-refractivity contribution is 0.471. The second kappa shape index (κ2) is 3.49. The first-order chi connectivity index (χ1) is 8.15. The Morgan fingerprint density at radius 2 is 1.76 bits per heavy atom. The molecule has 0 N–H and O–H groups in total. The predicted molar refractivity (Wildman–Crippen MR) is 70.7 cm³/mol. The van der Waals surface area contributed by atoms with Crippen molar-refractivity contribution in [3.8, 4) is 11.5 Å². The molecule has 0 saturated heterocycles. The minimum absolute atomic E-state index is 0.910. The highest BCUT2D eigenvalue weighted by molar-refractivity contribution is 5.73. The van der Waals surface area contributed by atoms with Gasteiger partial charge in [0.1, 0.15) is 11.5 Å². The van der Waals surface area contributed by atoms with Crippen molar-refractivity contribution in [2.24, 2.45) is 0 Å². The summed E-state index contributed by atoms with van der Waals surface area (Å²) in [6, 6.07) is 12.4. The van der Waals surface area contributed by atoms with Gasteiger partial charge in [-0.2, -0.15) is 0 Å². The molecule has 17 heavy (non-hydrogen) atoms. The van der Waals surface area contributed by atoms with E-state index in [1.807, 2.05) is 12.1 Å². The first kappa shape index (κ1) is 10.2. The van der Waals surface area contributed by atoms with E-state index in [-0.39, 0.29) is 0 Å². The van der Waals surface area contributed by atoms with E-state index < -0.39 is 0 Å². The van der Waals surface area contributed by atoms with E-state index in [4.69, 9.17) is 4.74 Å². The van der Waals surface area contributed by atoms with E-state index in [0.29, 0.717) is 0 Å². The highest BCUT2D eigenvalue weighted by atomic mass is 16.5. The zero-order valence-corrected chi connectivity index (χ0v) is 10.1. The number of ether oxygens (including phenoxy) is 1. The smallest absolute Gasteiger partial charge is 0.135 e. The van der Waals surface area contributed by atoms with Crippen molar-refractivity contribution in [1.82, 2.24) is 0 Å². The van der Waals surface area contributed by atoms with Crippen molar-refractivity contribution in [1.29, 1.82) is 0 Å². The van der Waals surface area contributed by atoms with Crippen LogP contribution in [0.15, 0.2) is 36.4 Å². The molecule has 1 aliphatic heterocycles. The average molecular weight is 222 g/mol. The fourth-order valence-electron chi connectivity index (χ4n) is 2.25. The van der Waals surface area contributed by atoms with Crippen LogP contribution in [0.3, 0.4) is 0 Å². The van der Waals surface area contributed by atoms with Crippen molar-refractivity contribution >= 4 is 12.2 Å². The van der Waals surface area contributed by atoms with Gasteiger partial charge in [-0.05, 0) is 42.3 Å². The highest BCUT2D eigenvalue weighted by Gasteiger charge is 2.14. The van der Waals surface area contributed by atoms with Crippen LogP contribution in [-0.2, 0) is 0 Å². The van der Waals surface area contributed by atoms with Crippen molar-refractivity contribution in [2.45, 2.75) is 13.8 Å². The van der Waals surface area contributed by atoms with Crippen LogP contribution in [-0.4, -0.2) is 0 Å². The lowest BCUT2D eigenvalue weighted by Gasteiger charge is -2.19. The molecule has 0 unspecified atom stereocenters. The largest absolute Gasteiger partial charge is 0.456 e. The fourth-order valence-corrected chi connectivity index (χ4v) is 2.25. The maximum Gasteiger partial charge on any atom is 0.135 e. The zero-order valence-electron chi connectivity index (χ0n) is 10.1. The van der Waals surface area contributed by atoms with E-state index in [1.165, 1.54) is 16.7 Å². The molecular formula is C16H14O. The highest BCUT2D eigenvalue weighted by Crippen LogP contribution is 2.32. The van der Waals surface area contributed by atoms with Crippen molar-refractivity contribution < 1.29 is 4.74 Å². The van der Waals surface area contributed by atoms with Gasteiger partial charge in [0.25, 0.3) is 0 Å². The van der Waals surface area contributed by atoms with Gasteiger partial charge in [0.2, 0.25) is 0 Å². The third-order valence-corrected chi connectivity index (χ3v) is 3.21. The molecule has 0 aliphatic carbocycles. The Morgan fingerprint density at radius 3 is 2.59 bits per heavy atom. The molecule has 0 aromatic heterocycles. The summed E-state index contributed by atoms with van der Waals surface area (Å²) in [7, 11) is 0. The molecule has 1 heteroatoms. The molecule has 0 fully saturated rings. The van der Waals surface area contributed by atoms with Crippen molar-refractivity contribution in [3.05, 3.63) is 58.0 Å². The van der Waals surface area contributed by atoms with Gasteiger partial charge in [0, 0.05) is 10.8 Å². The third-order valence-electron chi connectivity index (χ3n) is 3.21. The van der Waals surface area contributed by atoms with E-state index in [2.05, 4.69) is 44.7 Å². The Balaban J connectivity index is 2.38. The lowest BCUT2D eigenvalue weighted by Crippen LogP contribution is -2.17. The third kappa shape index (κ3) is 1.55. The molecule has 0 saturated carbocycles. The predicted octanol–water partition coefficient (Wildman–Crippen LogP) is 2.73. The molecule has 0 atom stereocenters. The molecule has 0 amide bonds. The minimum atomic E-state index is 0.910. The molecule has 2 aromatic rings. The van der Waals surface area contributed by atoms with Gasteiger partial charge in [0.15, 0.2) is 0 Å². The molecule has 84 valence electrons. The van der Waals surface area contributed by atoms with E-state index >= 15 is 0 Å². The second-order valence-corrected chi connectivity index (χ2v) is 4.56. The van der Waals surface area contributed by atoms with Gasteiger partial charge >= 0.3 is 0 Å². The summed E-state index contributed by atoms with van der Waals surface area (Å²) in [5.74, 6) is 1.86. The molecule has 1 aliphatic rings. The Morgan fingerprint density at radius 1 is 0.941 bits per heavy atom. The van der Waals surface area contributed by atoms with Crippen molar-refractivity contribution in [3.63, 3.8) is 0 Å². The average Bonchev–Trinajstić information content (AvgIpc) is 2.28. The number of rotatable bonds is 0. The Kier molecular flexibility index (Phi) is 2.08. The molecule has 0 radical (unpaired) electrons. The van der Waals surface area contributed by atoms with Crippen LogP contribution in [0.5, 0.6) is 11.5 Å². The van der Waals surface area contributed by atoms with E-state index in [0.717, 1.165) is 21.9 Å². The Labute approximate surface area is 101 Å². The molecule has 0 bridgehead atoms. The second-order valence-electron chi connectivity index (χ2n) is 4.56. The van der Waals surface area contributed by atoms with Crippen LogP contribution in [0.2, 0.25) is 0 Å². The summed E-state index contributed by atoms with van der Waals surface area (Å²) in [5, 5.41) is 2.14. The van der Waals surface area contributed by atoms with E-state index in [1.54, 1.807) is 0 Å². The fraction of sp³-hybridized carbons (Fsp3) is 0.125. The SMILES string of the molecule is C=c1ccc2c(c1)Oc1cc(C)ccc1C=2C. The summed E-state index contributed by atoms with van der Waals surface area (Å²) >= 11 is 0. The minimum Gasteiger partial charge on any atom is -0.456 e. The number of fused-ring (bicyclic) bond motifs is 2. The summed E-state index contributed by atoms with van der Waals surface area (Å²) in [6.07, 6.45) is 0. The monoisotopic (exact) mass is 222 g/mol. The maximum absolute atomic E-state index is 5.95. The molecule has 1 heterocycles. The van der Waals surface area contributed by atoms with Crippen LogP contribution < -0.4 is 15.2 Å². The standard InChI is InChI=1S/C16H14O/c1-10-4-6-13-12(3)14-7-5-11(2)9-16(14)17-15(13)8-10/h4-9H,1H2,2-3H3. The summed E-state index contributed by atoms with van der Waals surface area (Å²) in [4.78, 5) is 0. The summed E-state index contributed by atoms with van der Waals surface area (Å²) in [5.41, 5.74) is 3.66. The summed E-state index contributed by atoms with van der Waals surface area (Å²) in [6.45, 7) is 8.15. The van der Waals surface area contributed by atoms with E-state index in [9.17, 15) is 0 Å². The molecule has 2 aromatic carbocycles. The number of hydrogen-bond acceptors (Lipinski definition) is 1. The molecular weight excluding hydrogens is 208 g/mol. The van der Waals surface area contributed by atoms with Crippen LogP contribution in [0.1, 0.15) is 18.1 Å². The number of benzene rings is 2. The molecule has 0 spiro atoms. The molecule has 3 rings (SSSR count). The van der Waals surface area contributed by atoms with Crippen molar-refractivity contribution in [2.75, 3.05) is 0 Å². The Bertz CT molecular complexity index is 711. The van der Waals surface area contributed by atoms with Gasteiger partial charge in [-0.15, -0.1) is 0 Å². The zero-order chi connectivity index (χ0) is 12.0.